The van der Waals surface area contributed by atoms with E-state index in [4.69, 9.17) is 4.94 Å². The van der Waals surface area contributed by atoms with Gasteiger partial charge in [0.2, 0.25) is 0 Å². The van der Waals surface area contributed by atoms with E-state index in [1.165, 1.54) is 5.17 Å². The van der Waals surface area contributed by atoms with E-state index in [9.17, 15) is 5.21 Å². The molecule has 0 aromatic rings. The van der Waals surface area contributed by atoms with Crippen molar-refractivity contribution < 1.29 is 14.6 Å². The molecule has 1 aliphatic heterocycles. The molecule has 6 heteroatoms. The molecule has 0 saturated carbocycles. The van der Waals surface area contributed by atoms with E-state index in [1.807, 2.05) is 6.92 Å². The van der Waals surface area contributed by atoms with E-state index in [0.29, 0.717) is 6.54 Å². The molecule has 0 aliphatic carbocycles. The highest BCUT2D eigenvalue weighted by molar-refractivity contribution is 4.18. The van der Waals surface area contributed by atoms with E-state index in [-0.39, 0.29) is 10.1 Å². The molecule has 0 aromatic heterocycles. The molecule has 0 aromatic carbocycles. The number of rotatable bonds is 1. The quantitative estimate of drug-likeness (QED) is 0.483. The largest absolute Gasteiger partial charge is 0.732 e. The molecule has 1 heterocycles. The third-order valence-corrected chi connectivity index (χ3v) is 1.61. The maximum atomic E-state index is 10.4. The van der Waals surface area contributed by atoms with Crippen LogP contribution < -0.4 is 0 Å². The fraction of sp³-hybridized carbons (Fsp3) is 1.00. The zero-order valence-electron chi connectivity index (χ0n) is 6.27. The lowest BCUT2D eigenvalue weighted by Gasteiger charge is -2.24. The Kier molecular flexibility index (Phi) is 1.90. The van der Waals surface area contributed by atoms with Gasteiger partial charge in [-0.3, -0.25) is 0 Å². The molecule has 6 nitrogen and oxygen atoms in total. The van der Waals surface area contributed by atoms with Gasteiger partial charge in [0.15, 0.2) is 0 Å². The normalized spacial score (nSPS) is 37.2. The Morgan fingerprint density at radius 1 is 1.60 bits per heavy atom. The second kappa shape index (κ2) is 2.42. The minimum absolute atomic E-state index is 0.0174. The first-order valence-electron chi connectivity index (χ1n) is 3.03. The van der Waals surface area contributed by atoms with E-state index in [1.54, 1.807) is 14.1 Å². The van der Waals surface area contributed by atoms with Gasteiger partial charge in [0.05, 0.1) is 7.05 Å². The molecule has 0 amide bonds. The van der Waals surface area contributed by atoms with Crippen molar-refractivity contribution >= 4 is 0 Å². The predicted molar refractivity (Wildman–Crippen MR) is 31.9 cm³/mol. The average Bonchev–Trinajstić information content (AvgIpc) is 2.09. The molecular weight excluding hydrogens is 138 g/mol. The van der Waals surface area contributed by atoms with Crippen molar-refractivity contribution in [3.8, 4) is 0 Å². The SMILES string of the molecule is CC[N+]1(C)ON([O-])ON1C. The highest BCUT2D eigenvalue weighted by Crippen LogP contribution is 2.18. The van der Waals surface area contributed by atoms with Gasteiger partial charge in [0.1, 0.15) is 13.6 Å². The van der Waals surface area contributed by atoms with E-state index in [0.717, 1.165) is 0 Å². The molecule has 1 unspecified atom stereocenters. The number of quaternary nitrogens is 1. The Morgan fingerprint density at radius 3 is 2.40 bits per heavy atom. The van der Waals surface area contributed by atoms with Gasteiger partial charge in [0.25, 0.3) is 0 Å². The van der Waals surface area contributed by atoms with Gasteiger partial charge in [-0.2, -0.15) is 0 Å². The standard InChI is InChI=1S/C4H11N3O3/c1-4-7(3)5(2)9-6(8)10-7/h4H2,1-3H3. The third kappa shape index (κ3) is 1.12. The summed E-state index contributed by atoms with van der Waals surface area (Å²) < 4.78 is 0.0174. The van der Waals surface area contributed by atoms with Crippen molar-refractivity contribution in [2.75, 3.05) is 20.6 Å². The van der Waals surface area contributed by atoms with Gasteiger partial charge in [-0.1, -0.05) is 9.69 Å². The summed E-state index contributed by atoms with van der Waals surface area (Å²) in [5.41, 5.74) is 0. The van der Waals surface area contributed by atoms with Crippen molar-refractivity contribution in [2.24, 2.45) is 0 Å². The number of nitrogens with zero attached hydrogens (tertiary/aromatic N) is 3. The predicted octanol–water partition coefficient (Wildman–Crippen LogP) is -0.194. The molecule has 0 radical (unpaired) electrons. The summed E-state index contributed by atoms with van der Waals surface area (Å²) in [4.78, 5) is 9.26. The van der Waals surface area contributed by atoms with Crippen molar-refractivity contribution in [3.05, 3.63) is 5.21 Å². The summed E-state index contributed by atoms with van der Waals surface area (Å²) in [6, 6.07) is 0. The van der Waals surface area contributed by atoms with Crippen LogP contribution in [0, 0.1) is 5.21 Å². The molecule has 10 heavy (non-hydrogen) atoms. The van der Waals surface area contributed by atoms with Crippen molar-refractivity contribution in [3.63, 3.8) is 0 Å². The summed E-state index contributed by atoms with van der Waals surface area (Å²) in [6.45, 7) is 2.52. The Morgan fingerprint density at radius 2 is 2.20 bits per heavy atom. The van der Waals surface area contributed by atoms with E-state index >= 15 is 0 Å². The lowest BCUT2D eigenvalue weighted by atomic mass is 10.7. The number of hydrogen-bond acceptors (Lipinski definition) is 5. The van der Waals surface area contributed by atoms with Crippen LogP contribution in [0.15, 0.2) is 0 Å². The van der Waals surface area contributed by atoms with Gasteiger partial charge in [-0.05, 0) is 12.3 Å². The van der Waals surface area contributed by atoms with Gasteiger partial charge in [-0.15, -0.1) is 4.94 Å². The molecule has 60 valence electrons. The summed E-state index contributed by atoms with van der Waals surface area (Å²) in [7, 11) is 3.35. The first-order chi connectivity index (χ1) is 4.58. The second-order valence-corrected chi connectivity index (χ2v) is 2.22. The molecule has 1 saturated heterocycles. The van der Waals surface area contributed by atoms with Crippen LogP contribution in [0.1, 0.15) is 6.92 Å². The van der Waals surface area contributed by atoms with Gasteiger partial charge >= 0.3 is 0 Å². The summed E-state index contributed by atoms with van der Waals surface area (Å²) in [5, 5.41) is 11.9. The topological polar surface area (TPSA) is 48.0 Å². The lowest BCUT2D eigenvalue weighted by molar-refractivity contribution is -1.17. The average molecular weight is 149 g/mol. The summed E-state index contributed by atoms with van der Waals surface area (Å²) in [6.07, 6.45) is 0. The molecular formula is C4H11N3O3. The molecule has 1 aliphatic rings. The van der Waals surface area contributed by atoms with Crippen LogP contribution in [0.3, 0.4) is 0 Å². The minimum atomic E-state index is 0.0174. The molecule has 0 spiro atoms. The lowest BCUT2D eigenvalue weighted by Crippen LogP contribution is -2.49. The molecule has 0 N–H and O–H groups in total. The van der Waals surface area contributed by atoms with Gasteiger partial charge in [-0.25, -0.2) is 0 Å². The van der Waals surface area contributed by atoms with Crippen LogP contribution in [0.5, 0.6) is 0 Å². The molecule has 1 rings (SSSR count). The maximum Gasteiger partial charge on any atom is 0.130 e. The van der Waals surface area contributed by atoms with Crippen LogP contribution in [-0.4, -0.2) is 36.0 Å². The van der Waals surface area contributed by atoms with Crippen LogP contribution in [-0.2, 0) is 9.88 Å². The minimum Gasteiger partial charge on any atom is -0.732 e. The Balaban J connectivity index is 2.61. The summed E-state index contributed by atoms with van der Waals surface area (Å²) in [5.74, 6) is 0. The zero-order chi connectivity index (χ0) is 7.78. The van der Waals surface area contributed by atoms with E-state index < -0.39 is 0 Å². The molecule has 1 fully saturated rings. The van der Waals surface area contributed by atoms with Crippen LogP contribution in [0.4, 0.5) is 0 Å². The van der Waals surface area contributed by atoms with Crippen molar-refractivity contribution in [2.45, 2.75) is 6.92 Å². The first kappa shape index (κ1) is 7.86. The fourth-order valence-corrected chi connectivity index (χ4v) is 0.641. The van der Waals surface area contributed by atoms with Crippen LogP contribution in [0.2, 0.25) is 0 Å². The van der Waals surface area contributed by atoms with E-state index in [2.05, 4.69) is 4.94 Å². The number of hydroxylamine groups is 3. The third-order valence-electron chi connectivity index (χ3n) is 1.61. The Bertz CT molecular complexity index is 133. The Labute approximate surface area is 59.1 Å². The fourth-order valence-electron chi connectivity index (χ4n) is 0.641. The monoisotopic (exact) mass is 149 g/mol. The van der Waals surface area contributed by atoms with Crippen LogP contribution >= 0.6 is 0 Å². The first-order valence-corrected chi connectivity index (χ1v) is 3.03. The van der Waals surface area contributed by atoms with Crippen molar-refractivity contribution in [1.82, 2.24) is 10.6 Å². The van der Waals surface area contributed by atoms with Crippen LogP contribution in [0.25, 0.3) is 0 Å². The zero-order valence-corrected chi connectivity index (χ0v) is 6.27. The summed E-state index contributed by atoms with van der Waals surface area (Å²) >= 11 is 0. The highest BCUT2D eigenvalue weighted by Gasteiger charge is 2.38. The maximum absolute atomic E-state index is 10.4. The smallest absolute Gasteiger partial charge is 0.130 e. The van der Waals surface area contributed by atoms with Gasteiger partial charge < -0.3 is 5.21 Å². The number of hydrogen-bond donors (Lipinski definition) is 0. The second-order valence-electron chi connectivity index (χ2n) is 2.22. The Hall–Kier alpha value is -0.240. The van der Waals surface area contributed by atoms with Gasteiger partial charge in [0, 0.05) is 5.17 Å². The van der Waals surface area contributed by atoms with Crippen molar-refractivity contribution in [1.29, 1.82) is 0 Å². The highest BCUT2D eigenvalue weighted by atomic mass is 17.3. The molecule has 0 bridgehead atoms. The molecule has 1 atom stereocenters.